The molecule has 0 radical (unpaired) electrons. The van der Waals surface area contributed by atoms with Crippen LogP contribution in [0.4, 0.5) is 4.39 Å². The van der Waals surface area contributed by atoms with Gasteiger partial charge in [0.15, 0.2) is 0 Å². The second-order valence-corrected chi connectivity index (χ2v) is 3.47. The molecule has 0 bridgehead atoms. The highest BCUT2D eigenvalue weighted by molar-refractivity contribution is 5.75. The highest BCUT2D eigenvalue weighted by atomic mass is 19.1. The number of nitrogens with two attached hydrogens (primary N) is 1. The Morgan fingerprint density at radius 2 is 2.00 bits per heavy atom. The molecule has 0 heterocycles. The van der Waals surface area contributed by atoms with Crippen LogP contribution in [-0.4, -0.2) is 0 Å². The van der Waals surface area contributed by atoms with Crippen LogP contribution in [0, 0.1) is 19.7 Å². The molecular weight excluding hydrogens is 189 g/mol. The number of benzene rings is 1. The van der Waals surface area contributed by atoms with E-state index in [1.165, 1.54) is 6.20 Å². The first kappa shape index (κ1) is 11.5. The third kappa shape index (κ3) is 2.27. The second-order valence-electron chi connectivity index (χ2n) is 3.47. The molecule has 0 aromatic heterocycles. The fraction of sp³-hybridized carbons (Fsp3) is 0.231. The van der Waals surface area contributed by atoms with E-state index in [1.807, 2.05) is 19.1 Å². The second kappa shape index (κ2) is 4.78. The van der Waals surface area contributed by atoms with Gasteiger partial charge in [-0.3, -0.25) is 0 Å². The molecule has 80 valence electrons. The minimum atomic E-state index is -0.141. The summed E-state index contributed by atoms with van der Waals surface area (Å²) in [5.74, 6) is -0.141. The molecule has 0 unspecified atom stereocenters. The molecule has 1 rings (SSSR count). The summed E-state index contributed by atoms with van der Waals surface area (Å²) in [5.41, 5.74) is 8.51. The summed E-state index contributed by atoms with van der Waals surface area (Å²) in [7, 11) is 0. The maximum Gasteiger partial charge on any atom is 0.129 e. The monoisotopic (exact) mass is 205 g/mol. The first-order valence-electron chi connectivity index (χ1n) is 4.92. The molecule has 15 heavy (non-hydrogen) atoms. The molecule has 0 fully saturated rings. The summed E-state index contributed by atoms with van der Waals surface area (Å²) in [5, 5.41) is 0. The lowest BCUT2D eigenvalue weighted by Gasteiger charge is -2.09. The first-order chi connectivity index (χ1) is 7.11. The van der Waals surface area contributed by atoms with Crippen molar-refractivity contribution in [3.63, 3.8) is 0 Å². The van der Waals surface area contributed by atoms with Gasteiger partial charge in [0.25, 0.3) is 0 Å². The number of rotatable bonds is 2. The molecule has 0 saturated heterocycles. The van der Waals surface area contributed by atoms with E-state index in [2.05, 4.69) is 0 Å². The van der Waals surface area contributed by atoms with Gasteiger partial charge in [0.2, 0.25) is 0 Å². The van der Waals surface area contributed by atoms with Crippen LogP contribution >= 0.6 is 0 Å². The molecule has 2 N–H and O–H groups in total. The van der Waals surface area contributed by atoms with Gasteiger partial charge in [-0.25, -0.2) is 4.39 Å². The summed E-state index contributed by atoms with van der Waals surface area (Å²) in [4.78, 5) is 0. The lowest BCUT2D eigenvalue weighted by Crippen LogP contribution is -1.94. The molecule has 1 aromatic carbocycles. The third-order valence-electron chi connectivity index (χ3n) is 2.48. The Kier molecular flexibility index (Phi) is 3.67. The van der Waals surface area contributed by atoms with Gasteiger partial charge in [-0.15, -0.1) is 0 Å². The molecule has 0 amide bonds. The Balaban J connectivity index is 3.33. The predicted octanol–water partition coefficient (Wildman–Crippen LogP) is 3.32. The number of halogens is 1. The van der Waals surface area contributed by atoms with Crippen molar-refractivity contribution in [1.29, 1.82) is 0 Å². The Labute approximate surface area is 90.1 Å². The Morgan fingerprint density at radius 3 is 2.53 bits per heavy atom. The number of hydrogen-bond donors (Lipinski definition) is 1. The van der Waals surface area contributed by atoms with Gasteiger partial charge in [-0.05, 0) is 55.3 Å². The van der Waals surface area contributed by atoms with E-state index in [9.17, 15) is 4.39 Å². The van der Waals surface area contributed by atoms with E-state index in [-0.39, 0.29) is 5.82 Å². The fourth-order valence-electron chi connectivity index (χ4n) is 1.58. The van der Waals surface area contributed by atoms with Crippen molar-refractivity contribution in [2.24, 2.45) is 5.73 Å². The third-order valence-corrected chi connectivity index (χ3v) is 2.48. The van der Waals surface area contributed by atoms with Crippen LogP contribution in [0.3, 0.4) is 0 Å². The fourth-order valence-corrected chi connectivity index (χ4v) is 1.58. The average Bonchev–Trinajstić information content (AvgIpc) is 2.24. The van der Waals surface area contributed by atoms with Crippen molar-refractivity contribution in [3.8, 4) is 0 Å². The van der Waals surface area contributed by atoms with Crippen molar-refractivity contribution in [2.75, 3.05) is 0 Å². The van der Waals surface area contributed by atoms with Crippen LogP contribution in [0.2, 0.25) is 0 Å². The van der Waals surface area contributed by atoms with Crippen molar-refractivity contribution in [3.05, 3.63) is 53.0 Å². The van der Waals surface area contributed by atoms with E-state index in [0.29, 0.717) is 11.1 Å². The van der Waals surface area contributed by atoms with E-state index >= 15 is 0 Å². The van der Waals surface area contributed by atoms with Crippen LogP contribution in [0.1, 0.15) is 23.6 Å². The number of aryl methyl sites for hydroxylation is 1. The highest BCUT2D eigenvalue weighted by Crippen LogP contribution is 2.23. The zero-order valence-electron chi connectivity index (χ0n) is 9.34. The van der Waals surface area contributed by atoms with Gasteiger partial charge in [-0.2, -0.15) is 0 Å². The van der Waals surface area contributed by atoms with Crippen LogP contribution in [0.15, 0.2) is 30.5 Å². The summed E-state index contributed by atoms with van der Waals surface area (Å²) in [6.45, 7) is 5.46. The van der Waals surface area contributed by atoms with Crippen molar-refractivity contribution in [1.82, 2.24) is 0 Å². The molecule has 0 aliphatic carbocycles. The lowest BCUT2D eigenvalue weighted by atomic mass is 9.98. The zero-order valence-corrected chi connectivity index (χ0v) is 9.34. The van der Waals surface area contributed by atoms with Gasteiger partial charge in [0.1, 0.15) is 5.82 Å². The van der Waals surface area contributed by atoms with Gasteiger partial charge < -0.3 is 5.73 Å². The molecule has 1 nitrogen and oxygen atoms in total. The number of allylic oxidation sites excluding steroid dienone is 3. The maximum absolute atomic E-state index is 13.6. The Hall–Kier alpha value is -1.57. The predicted molar refractivity (Wildman–Crippen MR) is 62.9 cm³/mol. The van der Waals surface area contributed by atoms with Gasteiger partial charge >= 0.3 is 0 Å². The average molecular weight is 205 g/mol. The summed E-state index contributed by atoms with van der Waals surface area (Å²) < 4.78 is 13.6. The first-order valence-corrected chi connectivity index (χ1v) is 4.92. The topological polar surface area (TPSA) is 26.0 Å². The van der Waals surface area contributed by atoms with E-state index < -0.39 is 0 Å². The molecule has 0 aliphatic heterocycles. The van der Waals surface area contributed by atoms with Crippen LogP contribution < -0.4 is 5.73 Å². The normalized spacial score (nSPS) is 12.4. The quantitative estimate of drug-likeness (QED) is 0.736. The smallest absolute Gasteiger partial charge is 0.129 e. The van der Waals surface area contributed by atoms with Crippen LogP contribution in [-0.2, 0) is 0 Å². The SMILES string of the molecule is C/C=C(\C=C/N)c1ccc(C)c(F)c1C. The molecule has 0 saturated carbocycles. The number of hydrogen-bond acceptors (Lipinski definition) is 1. The Morgan fingerprint density at radius 1 is 1.33 bits per heavy atom. The van der Waals surface area contributed by atoms with E-state index in [0.717, 1.165) is 11.1 Å². The standard InChI is InChI=1S/C13H16FN/c1-4-11(7-8-15)12-6-5-9(2)13(14)10(12)3/h4-8H,15H2,1-3H3/b8-7-,11-4+. The van der Waals surface area contributed by atoms with Crippen molar-refractivity contribution >= 4 is 5.57 Å². The minimum absolute atomic E-state index is 0.141. The molecule has 0 aliphatic rings. The molecule has 1 aromatic rings. The van der Waals surface area contributed by atoms with Gasteiger partial charge in [-0.1, -0.05) is 18.2 Å². The summed E-state index contributed by atoms with van der Waals surface area (Å²) in [6.07, 6.45) is 5.16. The van der Waals surface area contributed by atoms with E-state index in [1.54, 1.807) is 26.0 Å². The largest absolute Gasteiger partial charge is 0.405 e. The Bertz CT molecular complexity index is 417. The molecule has 2 heteroatoms. The highest BCUT2D eigenvalue weighted by Gasteiger charge is 2.08. The van der Waals surface area contributed by atoms with Gasteiger partial charge in [0, 0.05) is 0 Å². The van der Waals surface area contributed by atoms with Crippen LogP contribution in [0.25, 0.3) is 5.57 Å². The molecule has 0 spiro atoms. The molecule has 0 atom stereocenters. The van der Waals surface area contributed by atoms with E-state index in [4.69, 9.17) is 5.73 Å². The van der Waals surface area contributed by atoms with Gasteiger partial charge in [0.05, 0.1) is 0 Å². The minimum Gasteiger partial charge on any atom is -0.405 e. The zero-order chi connectivity index (χ0) is 11.4. The van der Waals surface area contributed by atoms with Crippen molar-refractivity contribution < 1.29 is 4.39 Å². The lowest BCUT2D eigenvalue weighted by molar-refractivity contribution is 0.608. The molecular formula is C13H16FN. The van der Waals surface area contributed by atoms with Crippen LogP contribution in [0.5, 0.6) is 0 Å². The summed E-state index contributed by atoms with van der Waals surface area (Å²) in [6, 6.07) is 3.70. The maximum atomic E-state index is 13.6. The van der Waals surface area contributed by atoms with Crippen molar-refractivity contribution in [2.45, 2.75) is 20.8 Å². The summed E-state index contributed by atoms with van der Waals surface area (Å²) >= 11 is 0.